The van der Waals surface area contributed by atoms with E-state index in [9.17, 15) is 24.5 Å². The number of methoxy groups -OCH3 is 1. The van der Waals surface area contributed by atoms with Crippen LogP contribution in [0.3, 0.4) is 0 Å². The number of non-ortho nitro benzene ring substituents is 1. The van der Waals surface area contributed by atoms with Gasteiger partial charge in [0.2, 0.25) is 5.91 Å². The topological polar surface area (TPSA) is 131 Å². The molecule has 10 heteroatoms. The summed E-state index contributed by atoms with van der Waals surface area (Å²) in [5.74, 6) is -1.28. The highest BCUT2D eigenvalue weighted by molar-refractivity contribution is 5.98. The van der Waals surface area contributed by atoms with Crippen LogP contribution >= 0.6 is 0 Å². The first-order chi connectivity index (χ1) is 12.4. The zero-order valence-corrected chi connectivity index (χ0v) is 14.3. The summed E-state index contributed by atoms with van der Waals surface area (Å²) < 4.78 is 5.01. The van der Waals surface area contributed by atoms with E-state index in [0.717, 1.165) is 25.3 Å². The van der Waals surface area contributed by atoms with Gasteiger partial charge in [0.05, 0.1) is 17.6 Å². The molecule has 0 bridgehead atoms. The Morgan fingerprint density at radius 3 is 2.73 bits per heavy atom. The highest BCUT2D eigenvalue weighted by Gasteiger charge is 2.21. The summed E-state index contributed by atoms with van der Waals surface area (Å²) in [6.45, 7) is 0.337. The number of ether oxygens (including phenoxy) is 1. The van der Waals surface area contributed by atoms with Gasteiger partial charge in [-0.05, 0) is 18.9 Å². The molecule has 2 N–H and O–H groups in total. The molecule has 1 saturated heterocycles. The van der Waals surface area contributed by atoms with E-state index in [1.807, 2.05) is 0 Å². The summed E-state index contributed by atoms with van der Waals surface area (Å²) in [7, 11) is 1.32. The third kappa shape index (κ3) is 4.91. The Kier molecular flexibility index (Phi) is 6.48. The number of amides is 3. The van der Waals surface area contributed by atoms with Crippen molar-refractivity contribution in [2.75, 3.05) is 20.2 Å². The predicted molar refractivity (Wildman–Crippen MR) is 90.3 cm³/mol. The van der Waals surface area contributed by atoms with Crippen molar-refractivity contribution in [3.05, 3.63) is 33.9 Å². The molecule has 1 fully saturated rings. The Labute approximate surface area is 149 Å². The van der Waals surface area contributed by atoms with Gasteiger partial charge < -0.3 is 9.64 Å². The van der Waals surface area contributed by atoms with Crippen molar-refractivity contribution >= 4 is 23.4 Å². The Hall–Kier alpha value is -3.17. The van der Waals surface area contributed by atoms with E-state index in [-0.39, 0.29) is 29.5 Å². The second-order valence-corrected chi connectivity index (χ2v) is 5.77. The minimum atomic E-state index is -0.763. The molecule has 1 aliphatic heterocycles. The number of carbonyl (C=O) groups is 3. The van der Waals surface area contributed by atoms with Crippen LogP contribution < -0.4 is 15.6 Å². The molecule has 1 aromatic carbocycles. The average Bonchev–Trinajstić information content (AvgIpc) is 2.83. The van der Waals surface area contributed by atoms with Crippen molar-refractivity contribution in [3.8, 4) is 5.75 Å². The number of likely N-dealkylation sites (tertiary alicyclic amines) is 1. The number of hydrogen-bond donors (Lipinski definition) is 2. The van der Waals surface area contributed by atoms with Crippen LogP contribution in [-0.2, 0) is 9.59 Å². The van der Waals surface area contributed by atoms with Gasteiger partial charge >= 0.3 is 0 Å². The van der Waals surface area contributed by atoms with Gasteiger partial charge in [0.25, 0.3) is 17.5 Å². The summed E-state index contributed by atoms with van der Waals surface area (Å²) in [4.78, 5) is 47.7. The Bertz CT molecular complexity index is 721. The van der Waals surface area contributed by atoms with Crippen LogP contribution in [0.1, 0.15) is 36.0 Å². The molecule has 0 radical (unpaired) electrons. The van der Waals surface area contributed by atoms with Crippen LogP contribution in [0, 0.1) is 10.1 Å². The summed E-state index contributed by atoms with van der Waals surface area (Å²) >= 11 is 0. The van der Waals surface area contributed by atoms with Gasteiger partial charge in [-0.3, -0.25) is 35.3 Å². The molecule has 0 saturated carbocycles. The van der Waals surface area contributed by atoms with Crippen LogP contribution in [0.4, 0.5) is 5.69 Å². The number of nitro groups is 1. The van der Waals surface area contributed by atoms with E-state index >= 15 is 0 Å². The largest absolute Gasteiger partial charge is 0.496 e. The van der Waals surface area contributed by atoms with Crippen molar-refractivity contribution in [2.24, 2.45) is 0 Å². The fourth-order valence-corrected chi connectivity index (χ4v) is 2.60. The van der Waals surface area contributed by atoms with Crippen molar-refractivity contribution in [1.29, 1.82) is 0 Å². The van der Waals surface area contributed by atoms with E-state index in [1.165, 1.54) is 24.1 Å². The fourth-order valence-electron chi connectivity index (χ4n) is 2.60. The quantitative estimate of drug-likeness (QED) is 0.586. The third-order valence-corrected chi connectivity index (χ3v) is 3.96. The summed E-state index contributed by atoms with van der Waals surface area (Å²) in [6, 6.07) is 3.56. The van der Waals surface area contributed by atoms with Crippen LogP contribution in [0.5, 0.6) is 5.75 Å². The molecule has 1 heterocycles. The maximum Gasteiger partial charge on any atom is 0.273 e. The Balaban J connectivity index is 1.97. The van der Waals surface area contributed by atoms with Gasteiger partial charge in [0, 0.05) is 25.1 Å². The van der Waals surface area contributed by atoms with Crippen molar-refractivity contribution in [2.45, 2.75) is 25.7 Å². The molecule has 0 atom stereocenters. The van der Waals surface area contributed by atoms with Gasteiger partial charge in [-0.1, -0.05) is 6.42 Å². The number of nitrogens with one attached hydrogen (secondary N) is 2. The monoisotopic (exact) mass is 364 g/mol. The lowest BCUT2D eigenvalue weighted by Crippen LogP contribution is -2.47. The molecule has 1 aliphatic rings. The zero-order valence-electron chi connectivity index (χ0n) is 14.3. The molecular formula is C16H20N4O6. The smallest absolute Gasteiger partial charge is 0.273 e. The SMILES string of the molecule is COc1ccc([N+](=O)[O-])cc1C(=O)NNC(=O)CN1CCCCCC1=O. The molecule has 0 unspecified atom stereocenters. The lowest BCUT2D eigenvalue weighted by Gasteiger charge is -2.20. The minimum Gasteiger partial charge on any atom is -0.496 e. The lowest BCUT2D eigenvalue weighted by molar-refractivity contribution is -0.384. The Morgan fingerprint density at radius 2 is 2.04 bits per heavy atom. The molecule has 0 aromatic heterocycles. The summed E-state index contributed by atoms with van der Waals surface area (Å²) in [5.41, 5.74) is 4.02. The highest BCUT2D eigenvalue weighted by Crippen LogP contribution is 2.23. The predicted octanol–water partition coefficient (Wildman–Crippen LogP) is 0.767. The molecule has 140 valence electrons. The van der Waals surface area contributed by atoms with Gasteiger partial charge in [-0.15, -0.1) is 0 Å². The van der Waals surface area contributed by atoms with Gasteiger partial charge in [-0.2, -0.15) is 0 Å². The molecule has 0 spiro atoms. The molecule has 3 amide bonds. The molecule has 1 aromatic rings. The molecule has 0 aliphatic carbocycles. The number of hydrazine groups is 1. The maximum absolute atomic E-state index is 12.2. The normalized spacial score (nSPS) is 14.3. The number of carbonyl (C=O) groups excluding carboxylic acids is 3. The van der Waals surface area contributed by atoms with Crippen LogP contribution in [0.25, 0.3) is 0 Å². The Morgan fingerprint density at radius 1 is 1.27 bits per heavy atom. The highest BCUT2D eigenvalue weighted by atomic mass is 16.6. The number of hydrogen-bond acceptors (Lipinski definition) is 6. The first-order valence-corrected chi connectivity index (χ1v) is 8.11. The van der Waals surface area contributed by atoms with Gasteiger partial charge in [0.15, 0.2) is 0 Å². The zero-order chi connectivity index (χ0) is 19.1. The second kappa shape index (κ2) is 8.79. The molecule has 10 nitrogen and oxygen atoms in total. The number of benzene rings is 1. The standard InChI is InChI=1S/C16H20N4O6/c1-26-13-7-6-11(20(24)25)9-12(13)16(23)18-17-14(21)10-19-8-4-2-3-5-15(19)22/h6-7,9H,2-5,8,10H2,1H3,(H,17,21)(H,18,23). The molecular weight excluding hydrogens is 344 g/mol. The van der Waals surface area contributed by atoms with E-state index in [2.05, 4.69) is 10.9 Å². The number of rotatable bonds is 5. The number of nitro benzene ring substituents is 1. The first kappa shape index (κ1) is 19.2. The van der Waals surface area contributed by atoms with Crippen LogP contribution in [0.2, 0.25) is 0 Å². The van der Waals surface area contributed by atoms with Crippen LogP contribution in [-0.4, -0.2) is 47.7 Å². The first-order valence-electron chi connectivity index (χ1n) is 8.11. The van der Waals surface area contributed by atoms with E-state index in [4.69, 9.17) is 4.74 Å². The summed E-state index contributed by atoms with van der Waals surface area (Å²) in [6.07, 6.45) is 2.98. The minimum absolute atomic E-state index is 0.0900. The van der Waals surface area contributed by atoms with E-state index in [0.29, 0.717) is 13.0 Å². The molecule has 2 rings (SSSR count). The van der Waals surface area contributed by atoms with Crippen molar-refractivity contribution in [3.63, 3.8) is 0 Å². The average molecular weight is 364 g/mol. The summed E-state index contributed by atoms with van der Waals surface area (Å²) in [5, 5.41) is 10.8. The van der Waals surface area contributed by atoms with Crippen LogP contribution in [0.15, 0.2) is 18.2 Å². The van der Waals surface area contributed by atoms with Gasteiger partial charge in [-0.25, -0.2) is 0 Å². The van der Waals surface area contributed by atoms with Gasteiger partial charge in [0.1, 0.15) is 12.3 Å². The number of nitrogens with zero attached hydrogens (tertiary/aromatic N) is 2. The van der Waals surface area contributed by atoms with E-state index in [1.54, 1.807) is 0 Å². The van der Waals surface area contributed by atoms with Crippen molar-refractivity contribution in [1.82, 2.24) is 15.8 Å². The molecule has 26 heavy (non-hydrogen) atoms. The maximum atomic E-state index is 12.2. The van der Waals surface area contributed by atoms with E-state index < -0.39 is 16.7 Å². The fraction of sp³-hybridized carbons (Fsp3) is 0.438. The second-order valence-electron chi connectivity index (χ2n) is 5.77. The lowest BCUT2D eigenvalue weighted by atomic mass is 10.1. The van der Waals surface area contributed by atoms with Crippen molar-refractivity contribution < 1.29 is 24.0 Å². The third-order valence-electron chi connectivity index (χ3n) is 3.96.